The summed E-state index contributed by atoms with van der Waals surface area (Å²) < 4.78 is 41.9. The first-order valence-corrected chi connectivity index (χ1v) is 8.37. The molecule has 1 aliphatic rings. The van der Waals surface area contributed by atoms with Crippen LogP contribution < -0.4 is 9.80 Å². The fourth-order valence-electron chi connectivity index (χ4n) is 3.03. The number of hydrogen-bond donors (Lipinski definition) is 1. The third-order valence-electron chi connectivity index (χ3n) is 4.32. The first kappa shape index (κ1) is 18.4. The molecule has 0 saturated carbocycles. The molecule has 0 aromatic heterocycles. The topological polar surface area (TPSA) is 43.8 Å². The summed E-state index contributed by atoms with van der Waals surface area (Å²) in [6.45, 7) is 1.60. The molecule has 2 aromatic rings. The van der Waals surface area contributed by atoms with Gasteiger partial charge in [-0.2, -0.15) is 0 Å². The SMILES string of the molecule is O=C(O)Cc1ccc(N2CCN(c3cc(F)c(Cl)cc3F)CC2)c(F)c1. The molecular weight excluding hydrogens is 369 g/mol. The van der Waals surface area contributed by atoms with Crippen LogP contribution in [0, 0.1) is 17.5 Å². The Morgan fingerprint density at radius 1 is 0.923 bits per heavy atom. The average Bonchev–Trinajstić information content (AvgIpc) is 2.58. The highest BCUT2D eigenvalue weighted by Crippen LogP contribution is 2.28. The van der Waals surface area contributed by atoms with Crippen LogP contribution in [0.1, 0.15) is 5.56 Å². The van der Waals surface area contributed by atoms with Gasteiger partial charge in [0.1, 0.15) is 17.5 Å². The number of carboxylic acid groups (broad SMARTS) is 1. The van der Waals surface area contributed by atoms with Crippen molar-refractivity contribution in [3.8, 4) is 0 Å². The molecule has 1 N–H and O–H groups in total. The number of piperazine rings is 1. The summed E-state index contributed by atoms with van der Waals surface area (Å²) in [5, 5.41) is 8.50. The molecule has 0 bridgehead atoms. The van der Waals surface area contributed by atoms with Crippen LogP contribution in [-0.4, -0.2) is 37.3 Å². The molecule has 138 valence electrons. The first-order valence-electron chi connectivity index (χ1n) is 8.00. The minimum absolute atomic E-state index is 0.129. The van der Waals surface area contributed by atoms with E-state index in [9.17, 15) is 18.0 Å². The van der Waals surface area contributed by atoms with Crippen molar-refractivity contribution in [1.29, 1.82) is 0 Å². The molecule has 0 spiro atoms. The van der Waals surface area contributed by atoms with Crippen molar-refractivity contribution < 1.29 is 23.1 Å². The maximum Gasteiger partial charge on any atom is 0.307 e. The van der Waals surface area contributed by atoms with E-state index in [1.165, 1.54) is 6.07 Å². The van der Waals surface area contributed by atoms with Crippen molar-refractivity contribution in [3.05, 3.63) is 58.4 Å². The lowest BCUT2D eigenvalue weighted by molar-refractivity contribution is -0.136. The monoisotopic (exact) mass is 384 g/mol. The molecule has 8 heteroatoms. The molecule has 1 fully saturated rings. The highest BCUT2D eigenvalue weighted by molar-refractivity contribution is 6.30. The molecule has 26 heavy (non-hydrogen) atoms. The largest absolute Gasteiger partial charge is 0.481 e. The summed E-state index contributed by atoms with van der Waals surface area (Å²) in [6, 6.07) is 6.34. The number of carbonyl (C=O) groups is 1. The summed E-state index contributed by atoms with van der Waals surface area (Å²) in [4.78, 5) is 14.2. The lowest BCUT2D eigenvalue weighted by Gasteiger charge is -2.37. The molecule has 4 nitrogen and oxygen atoms in total. The quantitative estimate of drug-likeness (QED) is 0.816. The van der Waals surface area contributed by atoms with E-state index in [0.29, 0.717) is 37.4 Å². The molecule has 2 aromatic carbocycles. The van der Waals surface area contributed by atoms with Crippen molar-refractivity contribution in [1.82, 2.24) is 0 Å². The molecule has 0 aliphatic carbocycles. The molecule has 0 atom stereocenters. The van der Waals surface area contributed by atoms with Crippen LogP contribution in [0.15, 0.2) is 30.3 Å². The van der Waals surface area contributed by atoms with Crippen molar-refractivity contribution in [2.45, 2.75) is 6.42 Å². The third-order valence-corrected chi connectivity index (χ3v) is 4.61. The number of benzene rings is 2. The van der Waals surface area contributed by atoms with Gasteiger partial charge >= 0.3 is 5.97 Å². The predicted molar refractivity (Wildman–Crippen MR) is 93.5 cm³/mol. The fraction of sp³-hybridized carbons (Fsp3) is 0.278. The zero-order chi connectivity index (χ0) is 18.8. The van der Waals surface area contributed by atoms with Crippen LogP contribution in [0.3, 0.4) is 0 Å². The number of anilines is 2. The molecule has 0 unspecified atom stereocenters. The third kappa shape index (κ3) is 3.88. The van der Waals surface area contributed by atoms with E-state index in [0.717, 1.165) is 12.1 Å². The van der Waals surface area contributed by atoms with Gasteiger partial charge in [-0.3, -0.25) is 4.79 Å². The second-order valence-corrected chi connectivity index (χ2v) is 6.46. The molecule has 1 heterocycles. The standard InChI is InChI=1S/C18H16ClF3N2O2/c19-12-9-15(22)17(10-13(12)20)24-5-3-23(4-6-24)16-2-1-11(7-14(16)21)8-18(25)26/h1-2,7,9-10H,3-6,8H2,(H,25,26). The molecule has 0 radical (unpaired) electrons. The van der Waals surface area contributed by atoms with Gasteiger partial charge in [-0.1, -0.05) is 17.7 Å². The molecule has 0 amide bonds. The molecule has 1 saturated heterocycles. The van der Waals surface area contributed by atoms with Crippen molar-refractivity contribution >= 4 is 28.9 Å². The fourth-order valence-corrected chi connectivity index (χ4v) is 3.18. The van der Waals surface area contributed by atoms with Gasteiger partial charge < -0.3 is 14.9 Å². The van der Waals surface area contributed by atoms with Crippen LogP contribution in [-0.2, 0) is 11.2 Å². The van der Waals surface area contributed by atoms with E-state index in [1.807, 2.05) is 0 Å². The normalized spacial score (nSPS) is 14.6. The smallest absolute Gasteiger partial charge is 0.307 e. The second-order valence-electron chi connectivity index (χ2n) is 6.05. The Bertz CT molecular complexity index is 839. The van der Waals surface area contributed by atoms with Gasteiger partial charge in [0.25, 0.3) is 0 Å². The van der Waals surface area contributed by atoms with Crippen LogP contribution in [0.25, 0.3) is 0 Å². The van der Waals surface area contributed by atoms with Crippen molar-refractivity contribution in [2.75, 3.05) is 36.0 Å². The van der Waals surface area contributed by atoms with Gasteiger partial charge in [-0.25, -0.2) is 13.2 Å². The number of nitrogens with zero attached hydrogens (tertiary/aromatic N) is 2. The maximum absolute atomic E-state index is 14.3. The van der Waals surface area contributed by atoms with E-state index in [1.54, 1.807) is 21.9 Å². The summed E-state index contributed by atoms with van der Waals surface area (Å²) >= 11 is 5.57. The van der Waals surface area contributed by atoms with Gasteiger partial charge in [-0.15, -0.1) is 0 Å². The number of halogens is 4. The predicted octanol–water partition coefficient (Wildman–Crippen LogP) is 3.71. The molecule has 3 rings (SSSR count). The number of aliphatic carboxylic acids is 1. The number of carboxylic acids is 1. The van der Waals surface area contributed by atoms with E-state index < -0.39 is 23.4 Å². The summed E-state index contributed by atoms with van der Waals surface area (Å²) in [5.74, 6) is -2.82. The first-order chi connectivity index (χ1) is 12.3. The lowest BCUT2D eigenvalue weighted by atomic mass is 10.1. The van der Waals surface area contributed by atoms with Crippen LogP contribution in [0.5, 0.6) is 0 Å². The van der Waals surface area contributed by atoms with Crippen molar-refractivity contribution in [2.24, 2.45) is 0 Å². The van der Waals surface area contributed by atoms with Crippen molar-refractivity contribution in [3.63, 3.8) is 0 Å². The van der Waals surface area contributed by atoms with Crippen LogP contribution >= 0.6 is 11.6 Å². The van der Waals surface area contributed by atoms with Gasteiger partial charge in [0, 0.05) is 32.2 Å². The maximum atomic E-state index is 14.3. The van der Waals surface area contributed by atoms with Gasteiger partial charge in [0.05, 0.1) is 22.8 Å². The van der Waals surface area contributed by atoms with Gasteiger partial charge in [-0.05, 0) is 23.8 Å². The second kappa shape index (κ2) is 7.45. The van der Waals surface area contributed by atoms with Crippen LogP contribution in [0.4, 0.5) is 24.5 Å². The average molecular weight is 385 g/mol. The summed E-state index contributed by atoms with van der Waals surface area (Å²) in [6.07, 6.45) is -0.244. The Morgan fingerprint density at radius 2 is 1.50 bits per heavy atom. The van der Waals surface area contributed by atoms with E-state index in [4.69, 9.17) is 16.7 Å². The highest BCUT2D eigenvalue weighted by atomic mass is 35.5. The summed E-state index contributed by atoms with van der Waals surface area (Å²) in [7, 11) is 0. The van der Waals surface area contributed by atoms with Crippen LogP contribution in [0.2, 0.25) is 5.02 Å². The zero-order valence-electron chi connectivity index (χ0n) is 13.7. The van der Waals surface area contributed by atoms with E-state index in [2.05, 4.69) is 0 Å². The van der Waals surface area contributed by atoms with Gasteiger partial charge in [0.2, 0.25) is 0 Å². The number of hydrogen-bond acceptors (Lipinski definition) is 3. The Kier molecular flexibility index (Phi) is 5.27. The molecular formula is C18H16ClF3N2O2. The Hall–Kier alpha value is -2.41. The highest BCUT2D eigenvalue weighted by Gasteiger charge is 2.23. The zero-order valence-corrected chi connectivity index (χ0v) is 14.4. The number of rotatable bonds is 4. The minimum Gasteiger partial charge on any atom is -0.481 e. The Balaban J connectivity index is 1.71. The Morgan fingerprint density at radius 3 is 2.08 bits per heavy atom. The minimum atomic E-state index is -1.03. The van der Waals surface area contributed by atoms with Gasteiger partial charge in [0.15, 0.2) is 0 Å². The lowest BCUT2D eigenvalue weighted by Crippen LogP contribution is -2.47. The van der Waals surface area contributed by atoms with E-state index >= 15 is 0 Å². The Labute approximate surface area is 153 Å². The molecule has 1 aliphatic heterocycles. The van der Waals surface area contributed by atoms with E-state index in [-0.39, 0.29) is 17.1 Å². The summed E-state index contributed by atoms with van der Waals surface area (Å²) in [5.41, 5.74) is 0.876.